The number of carbonyl (C=O) groups is 1. The van der Waals surface area contributed by atoms with Gasteiger partial charge in [-0.1, -0.05) is 4.49 Å². The molecular formula is C9H14N4OS. The van der Waals surface area contributed by atoms with Crippen LogP contribution in [0.25, 0.3) is 0 Å². The normalized spacial score (nSPS) is 21.2. The lowest BCUT2D eigenvalue weighted by Crippen LogP contribution is -2.38. The summed E-state index contributed by atoms with van der Waals surface area (Å²) in [7, 11) is 0. The number of amides is 1. The Morgan fingerprint density at radius 1 is 1.73 bits per heavy atom. The molecule has 1 amide bonds. The van der Waals surface area contributed by atoms with Crippen molar-refractivity contribution in [1.82, 2.24) is 20.2 Å². The smallest absolute Gasteiger partial charge is 0.272 e. The molecule has 15 heavy (non-hydrogen) atoms. The maximum absolute atomic E-state index is 11.5. The molecule has 1 aromatic rings. The van der Waals surface area contributed by atoms with Crippen LogP contribution < -0.4 is 10.6 Å². The number of hydrogen-bond donors (Lipinski definition) is 2. The average Bonchev–Trinajstić information content (AvgIpc) is 2.81. The predicted octanol–water partition coefficient (Wildman–Crippen LogP) is 0.267. The molecule has 5 nitrogen and oxygen atoms in total. The van der Waals surface area contributed by atoms with E-state index >= 15 is 0 Å². The Hall–Kier alpha value is -1.01. The van der Waals surface area contributed by atoms with Gasteiger partial charge in [0.15, 0.2) is 5.69 Å². The average molecular weight is 226 g/mol. The molecule has 1 aromatic heterocycles. The Morgan fingerprint density at radius 3 is 3.33 bits per heavy atom. The fourth-order valence-electron chi connectivity index (χ4n) is 1.69. The minimum absolute atomic E-state index is 0.116. The van der Waals surface area contributed by atoms with Crippen LogP contribution in [-0.4, -0.2) is 35.1 Å². The number of rotatable bonds is 3. The predicted molar refractivity (Wildman–Crippen MR) is 57.8 cm³/mol. The van der Waals surface area contributed by atoms with E-state index in [9.17, 15) is 4.79 Å². The van der Waals surface area contributed by atoms with Crippen LogP contribution in [0.5, 0.6) is 0 Å². The third-order valence-corrected chi connectivity index (χ3v) is 3.05. The first-order chi connectivity index (χ1) is 7.36. The number of hydrogen-bond acceptors (Lipinski definition) is 5. The van der Waals surface area contributed by atoms with Gasteiger partial charge in [-0.25, -0.2) is 0 Å². The van der Waals surface area contributed by atoms with E-state index in [-0.39, 0.29) is 5.91 Å². The van der Waals surface area contributed by atoms with Crippen LogP contribution in [0.15, 0.2) is 5.38 Å². The van der Waals surface area contributed by atoms with Crippen molar-refractivity contribution in [2.45, 2.75) is 12.8 Å². The largest absolute Gasteiger partial charge is 0.350 e. The maximum Gasteiger partial charge on any atom is 0.272 e. The van der Waals surface area contributed by atoms with Crippen molar-refractivity contribution in [1.29, 1.82) is 0 Å². The van der Waals surface area contributed by atoms with Crippen molar-refractivity contribution in [2.24, 2.45) is 5.92 Å². The summed E-state index contributed by atoms with van der Waals surface area (Å²) in [5.74, 6) is 0.434. The molecule has 0 spiro atoms. The summed E-state index contributed by atoms with van der Waals surface area (Å²) in [6.07, 6.45) is 2.38. The van der Waals surface area contributed by atoms with E-state index in [0.717, 1.165) is 19.6 Å². The summed E-state index contributed by atoms with van der Waals surface area (Å²) >= 11 is 1.20. The van der Waals surface area contributed by atoms with Gasteiger partial charge >= 0.3 is 0 Å². The number of carbonyl (C=O) groups excluding carboxylic acids is 1. The van der Waals surface area contributed by atoms with Crippen molar-refractivity contribution in [3.8, 4) is 0 Å². The molecule has 82 valence electrons. The summed E-state index contributed by atoms with van der Waals surface area (Å²) < 4.78 is 3.66. The van der Waals surface area contributed by atoms with E-state index < -0.39 is 0 Å². The van der Waals surface area contributed by atoms with Crippen LogP contribution in [0.4, 0.5) is 0 Å². The highest BCUT2D eigenvalue weighted by molar-refractivity contribution is 7.03. The van der Waals surface area contributed by atoms with E-state index in [0.29, 0.717) is 11.6 Å². The topological polar surface area (TPSA) is 66.9 Å². The summed E-state index contributed by atoms with van der Waals surface area (Å²) in [5, 5.41) is 11.6. The molecule has 0 bridgehead atoms. The highest BCUT2D eigenvalue weighted by Gasteiger charge is 2.15. The minimum Gasteiger partial charge on any atom is -0.350 e. The molecule has 6 heteroatoms. The lowest BCUT2D eigenvalue weighted by atomic mass is 10.00. The fourth-order valence-corrected chi connectivity index (χ4v) is 2.13. The highest BCUT2D eigenvalue weighted by atomic mass is 32.1. The van der Waals surface area contributed by atoms with Crippen LogP contribution in [0.2, 0.25) is 0 Å². The van der Waals surface area contributed by atoms with Crippen molar-refractivity contribution >= 4 is 17.4 Å². The summed E-state index contributed by atoms with van der Waals surface area (Å²) in [5.41, 5.74) is 0.420. The Bertz CT molecular complexity index is 308. The summed E-state index contributed by atoms with van der Waals surface area (Å²) in [4.78, 5) is 11.5. The molecule has 1 aliphatic heterocycles. The van der Waals surface area contributed by atoms with Crippen LogP contribution in [0.3, 0.4) is 0 Å². The lowest BCUT2D eigenvalue weighted by molar-refractivity contribution is 0.0940. The zero-order valence-corrected chi connectivity index (χ0v) is 9.22. The van der Waals surface area contributed by atoms with Crippen LogP contribution in [0, 0.1) is 5.92 Å². The second-order valence-electron chi connectivity index (χ2n) is 3.71. The van der Waals surface area contributed by atoms with Crippen molar-refractivity contribution in [3.63, 3.8) is 0 Å². The van der Waals surface area contributed by atoms with Gasteiger partial charge in [0.1, 0.15) is 0 Å². The molecule has 1 atom stereocenters. The molecule has 1 unspecified atom stereocenters. The minimum atomic E-state index is -0.116. The Labute approximate surface area is 92.4 Å². The molecular weight excluding hydrogens is 212 g/mol. The number of nitrogens with zero attached hydrogens (tertiary/aromatic N) is 2. The van der Waals surface area contributed by atoms with E-state index in [1.165, 1.54) is 24.4 Å². The molecule has 1 aliphatic rings. The van der Waals surface area contributed by atoms with E-state index in [1.807, 2.05) is 0 Å². The molecule has 1 saturated heterocycles. The van der Waals surface area contributed by atoms with Gasteiger partial charge in [0, 0.05) is 11.9 Å². The van der Waals surface area contributed by atoms with E-state index in [2.05, 4.69) is 20.2 Å². The molecule has 2 rings (SSSR count). The number of piperidine rings is 1. The van der Waals surface area contributed by atoms with Crippen LogP contribution in [0.1, 0.15) is 23.3 Å². The van der Waals surface area contributed by atoms with Gasteiger partial charge in [-0.05, 0) is 43.4 Å². The Kier molecular flexibility index (Phi) is 3.63. The Morgan fingerprint density at radius 2 is 2.67 bits per heavy atom. The maximum atomic E-state index is 11.5. The zero-order valence-electron chi connectivity index (χ0n) is 8.40. The standard InChI is InChI=1S/C9H14N4OS/c14-9(8-6-15-13-12-8)11-5-7-2-1-3-10-4-7/h6-7,10H,1-5H2,(H,11,14). The quantitative estimate of drug-likeness (QED) is 0.776. The van der Waals surface area contributed by atoms with Gasteiger partial charge in [-0.2, -0.15) is 0 Å². The molecule has 0 saturated carbocycles. The van der Waals surface area contributed by atoms with Gasteiger partial charge in [-0.15, -0.1) is 5.10 Å². The first-order valence-corrected chi connectivity index (χ1v) is 5.96. The second kappa shape index (κ2) is 5.18. The van der Waals surface area contributed by atoms with Gasteiger partial charge in [0.05, 0.1) is 0 Å². The van der Waals surface area contributed by atoms with Gasteiger partial charge < -0.3 is 10.6 Å². The first kappa shape index (κ1) is 10.5. The molecule has 2 N–H and O–H groups in total. The zero-order chi connectivity index (χ0) is 10.5. The SMILES string of the molecule is O=C(NCC1CCCNC1)c1csnn1. The van der Waals surface area contributed by atoms with Gasteiger partial charge in [0.25, 0.3) is 5.91 Å². The monoisotopic (exact) mass is 226 g/mol. The van der Waals surface area contributed by atoms with Crippen molar-refractivity contribution in [3.05, 3.63) is 11.1 Å². The van der Waals surface area contributed by atoms with Crippen LogP contribution in [-0.2, 0) is 0 Å². The van der Waals surface area contributed by atoms with Crippen LogP contribution >= 0.6 is 11.5 Å². The summed E-state index contributed by atoms with van der Waals surface area (Å²) in [6, 6.07) is 0. The van der Waals surface area contributed by atoms with E-state index in [1.54, 1.807) is 5.38 Å². The van der Waals surface area contributed by atoms with E-state index in [4.69, 9.17) is 0 Å². The first-order valence-electron chi connectivity index (χ1n) is 5.12. The summed E-state index contributed by atoms with van der Waals surface area (Å²) in [6.45, 7) is 2.82. The fraction of sp³-hybridized carbons (Fsp3) is 0.667. The third-order valence-electron chi connectivity index (χ3n) is 2.54. The molecule has 0 aromatic carbocycles. The van der Waals surface area contributed by atoms with Crippen molar-refractivity contribution < 1.29 is 4.79 Å². The van der Waals surface area contributed by atoms with Gasteiger partial charge in [0.2, 0.25) is 0 Å². The Balaban J connectivity index is 1.75. The van der Waals surface area contributed by atoms with Gasteiger partial charge in [-0.3, -0.25) is 4.79 Å². The molecule has 1 fully saturated rings. The number of aromatic nitrogens is 2. The highest BCUT2D eigenvalue weighted by Crippen LogP contribution is 2.08. The molecule has 2 heterocycles. The lowest BCUT2D eigenvalue weighted by Gasteiger charge is -2.22. The molecule has 0 aliphatic carbocycles. The number of nitrogens with one attached hydrogen (secondary N) is 2. The third kappa shape index (κ3) is 2.97. The molecule has 0 radical (unpaired) electrons. The second-order valence-corrected chi connectivity index (χ2v) is 4.32. The van der Waals surface area contributed by atoms with Crippen molar-refractivity contribution in [2.75, 3.05) is 19.6 Å².